The van der Waals surface area contributed by atoms with Crippen LogP contribution >= 0.6 is 0 Å². The Bertz CT molecular complexity index is 297. The number of pyridine rings is 1. The van der Waals surface area contributed by atoms with E-state index in [1.807, 2.05) is 12.1 Å². The van der Waals surface area contributed by atoms with Gasteiger partial charge in [0, 0.05) is 12.4 Å². The first-order chi connectivity index (χ1) is 5.79. The number of hydrogen-bond acceptors (Lipinski definition) is 3. The molecule has 12 heavy (non-hydrogen) atoms. The third kappa shape index (κ3) is 1.23. The van der Waals surface area contributed by atoms with E-state index in [9.17, 15) is 4.79 Å². The molecule has 0 aromatic carbocycles. The molecule has 1 aliphatic rings. The minimum absolute atomic E-state index is 0.0227. The van der Waals surface area contributed by atoms with Crippen LogP contribution in [0.15, 0.2) is 24.5 Å². The van der Waals surface area contributed by atoms with Crippen LogP contribution in [-0.4, -0.2) is 16.9 Å². The van der Waals surface area contributed by atoms with Crippen LogP contribution < -0.4 is 0 Å². The number of hydrogen-bond donors (Lipinski definition) is 0. The van der Waals surface area contributed by atoms with E-state index in [0.29, 0.717) is 0 Å². The zero-order chi connectivity index (χ0) is 8.55. The zero-order valence-electron chi connectivity index (χ0n) is 6.73. The van der Waals surface area contributed by atoms with Gasteiger partial charge in [-0.25, -0.2) is 0 Å². The second kappa shape index (κ2) is 2.68. The molecule has 2 heterocycles. The summed E-state index contributed by atoms with van der Waals surface area (Å²) in [6.07, 6.45) is 3.17. The van der Waals surface area contributed by atoms with E-state index in [1.165, 1.54) is 0 Å². The van der Waals surface area contributed by atoms with Crippen molar-refractivity contribution in [2.75, 3.05) is 0 Å². The van der Waals surface area contributed by atoms with Gasteiger partial charge in [0.25, 0.3) is 0 Å². The molecule has 0 unspecified atom stereocenters. The molecule has 0 saturated carbocycles. The fraction of sp³-hybridized carbons (Fsp3) is 0.333. The van der Waals surface area contributed by atoms with Crippen molar-refractivity contribution in [3.63, 3.8) is 0 Å². The Balaban J connectivity index is 2.11. The quantitative estimate of drug-likeness (QED) is 0.613. The van der Waals surface area contributed by atoms with Crippen LogP contribution in [0.1, 0.15) is 18.6 Å². The molecule has 0 spiro atoms. The number of carbonyl (C=O) groups excluding carboxylic acids is 1. The van der Waals surface area contributed by atoms with Crippen LogP contribution in [0.5, 0.6) is 0 Å². The van der Waals surface area contributed by atoms with E-state index < -0.39 is 0 Å². The zero-order valence-corrected chi connectivity index (χ0v) is 6.73. The second-order valence-corrected chi connectivity index (χ2v) is 2.87. The molecule has 0 aliphatic carbocycles. The van der Waals surface area contributed by atoms with Crippen LogP contribution in [0.4, 0.5) is 0 Å². The molecule has 0 radical (unpaired) electrons. The van der Waals surface area contributed by atoms with E-state index in [2.05, 4.69) is 4.98 Å². The first kappa shape index (κ1) is 7.43. The van der Waals surface area contributed by atoms with Crippen molar-refractivity contribution < 1.29 is 9.53 Å². The van der Waals surface area contributed by atoms with Gasteiger partial charge in [0.15, 0.2) is 5.78 Å². The molecule has 0 amide bonds. The number of Topliss-reactive ketones (excluding diaryl/α,β-unsaturated/α-hetero) is 1. The highest BCUT2D eigenvalue weighted by molar-refractivity contribution is 5.83. The van der Waals surface area contributed by atoms with Gasteiger partial charge in [0.2, 0.25) is 0 Å². The maximum atomic E-state index is 10.8. The van der Waals surface area contributed by atoms with Crippen LogP contribution in [0, 0.1) is 0 Å². The number of carbonyl (C=O) groups is 1. The van der Waals surface area contributed by atoms with Crippen molar-refractivity contribution in [1.29, 1.82) is 0 Å². The van der Waals surface area contributed by atoms with Crippen molar-refractivity contribution in [3.05, 3.63) is 30.1 Å². The van der Waals surface area contributed by atoms with Crippen molar-refractivity contribution in [1.82, 2.24) is 4.98 Å². The number of aromatic nitrogens is 1. The first-order valence-corrected chi connectivity index (χ1v) is 3.85. The smallest absolute Gasteiger partial charge is 0.161 e. The Morgan fingerprint density at radius 2 is 2.17 bits per heavy atom. The van der Waals surface area contributed by atoms with E-state index >= 15 is 0 Å². The predicted molar refractivity (Wildman–Crippen MR) is 42.5 cm³/mol. The lowest BCUT2D eigenvalue weighted by molar-refractivity contribution is -0.118. The number of rotatable bonds is 2. The SMILES string of the molecule is CC(=O)[C@@H]1O[C@H]1c1ccncc1. The van der Waals surface area contributed by atoms with Crippen LogP contribution in [0.2, 0.25) is 0 Å². The van der Waals surface area contributed by atoms with Gasteiger partial charge < -0.3 is 4.74 Å². The summed E-state index contributed by atoms with van der Waals surface area (Å²) in [5.74, 6) is 0.0943. The fourth-order valence-electron chi connectivity index (χ4n) is 1.23. The van der Waals surface area contributed by atoms with Crippen molar-refractivity contribution >= 4 is 5.78 Å². The standard InChI is InChI=1S/C9H9NO2/c1-6(11)8-9(12-8)7-2-4-10-5-3-7/h2-5,8-9H,1H3/t8-,9-/m0/s1. The molecule has 3 nitrogen and oxygen atoms in total. The Morgan fingerprint density at radius 1 is 1.50 bits per heavy atom. The molecule has 1 aromatic rings. The van der Waals surface area contributed by atoms with Gasteiger partial charge >= 0.3 is 0 Å². The fourth-order valence-corrected chi connectivity index (χ4v) is 1.23. The highest BCUT2D eigenvalue weighted by Gasteiger charge is 2.43. The summed E-state index contributed by atoms with van der Waals surface area (Å²) in [5.41, 5.74) is 1.03. The van der Waals surface area contributed by atoms with Crippen LogP contribution in [0.25, 0.3) is 0 Å². The maximum absolute atomic E-state index is 10.8. The van der Waals surface area contributed by atoms with Gasteiger partial charge in [-0.15, -0.1) is 0 Å². The maximum Gasteiger partial charge on any atom is 0.161 e. The van der Waals surface area contributed by atoms with Gasteiger partial charge in [0.1, 0.15) is 12.2 Å². The largest absolute Gasteiger partial charge is 0.356 e. The highest BCUT2D eigenvalue weighted by Crippen LogP contribution is 2.38. The van der Waals surface area contributed by atoms with Gasteiger partial charge in [-0.05, 0) is 24.6 Å². The molecule has 1 saturated heterocycles. The van der Waals surface area contributed by atoms with E-state index in [0.717, 1.165) is 5.56 Å². The molecule has 62 valence electrons. The molecule has 1 fully saturated rings. The summed E-state index contributed by atoms with van der Waals surface area (Å²) in [7, 11) is 0. The number of nitrogens with zero attached hydrogens (tertiary/aromatic N) is 1. The lowest BCUT2D eigenvalue weighted by atomic mass is 10.1. The predicted octanol–water partition coefficient (Wildman–Crippen LogP) is 1.11. The first-order valence-electron chi connectivity index (χ1n) is 3.85. The normalized spacial score (nSPS) is 26.8. The molecular weight excluding hydrogens is 154 g/mol. The lowest BCUT2D eigenvalue weighted by Crippen LogP contribution is -2.00. The van der Waals surface area contributed by atoms with Gasteiger partial charge in [-0.1, -0.05) is 0 Å². The summed E-state index contributed by atoms with van der Waals surface area (Å²) < 4.78 is 5.19. The van der Waals surface area contributed by atoms with Crippen molar-refractivity contribution in [2.45, 2.75) is 19.1 Å². The monoisotopic (exact) mass is 163 g/mol. The molecule has 1 aromatic heterocycles. The summed E-state index contributed by atoms with van der Waals surface area (Å²) >= 11 is 0. The third-order valence-electron chi connectivity index (χ3n) is 1.93. The Hall–Kier alpha value is -1.22. The molecular formula is C9H9NO2. The number of epoxide rings is 1. The van der Waals surface area contributed by atoms with Crippen LogP contribution in [0.3, 0.4) is 0 Å². The lowest BCUT2D eigenvalue weighted by Gasteiger charge is -1.91. The van der Waals surface area contributed by atoms with Crippen LogP contribution in [-0.2, 0) is 9.53 Å². The number of ketones is 1. The minimum Gasteiger partial charge on any atom is -0.356 e. The number of ether oxygens (including phenoxy) is 1. The Kier molecular flexibility index (Phi) is 1.66. The molecule has 0 N–H and O–H groups in total. The van der Waals surface area contributed by atoms with Gasteiger partial charge in [-0.3, -0.25) is 9.78 Å². The Morgan fingerprint density at radius 3 is 2.67 bits per heavy atom. The summed E-state index contributed by atoms with van der Waals surface area (Å²) in [5, 5.41) is 0. The third-order valence-corrected chi connectivity index (χ3v) is 1.93. The highest BCUT2D eigenvalue weighted by atomic mass is 16.6. The topological polar surface area (TPSA) is 42.5 Å². The summed E-state index contributed by atoms with van der Waals surface area (Å²) in [4.78, 5) is 14.7. The molecule has 1 aliphatic heterocycles. The van der Waals surface area contributed by atoms with E-state index in [4.69, 9.17) is 4.74 Å². The average Bonchev–Trinajstić information content (AvgIpc) is 2.84. The molecule has 2 rings (SSSR count). The Labute approximate surface area is 70.4 Å². The van der Waals surface area contributed by atoms with E-state index in [-0.39, 0.29) is 18.0 Å². The van der Waals surface area contributed by atoms with Crippen molar-refractivity contribution in [2.24, 2.45) is 0 Å². The van der Waals surface area contributed by atoms with Gasteiger partial charge in [-0.2, -0.15) is 0 Å². The molecule has 0 bridgehead atoms. The summed E-state index contributed by atoms with van der Waals surface area (Å²) in [6, 6.07) is 3.74. The van der Waals surface area contributed by atoms with Crippen molar-refractivity contribution in [3.8, 4) is 0 Å². The summed E-state index contributed by atoms with van der Waals surface area (Å²) in [6.45, 7) is 1.55. The minimum atomic E-state index is -0.215. The molecule has 2 atom stereocenters. The van der Waals surface area contributed by atoms with Gasteiger partial charge in [0.05, 0.1) is 0 Å². The average molecular weight is 163 g/mol. The second-order valence-electron chi connectivity index (χ2n) is 2.87. The molecule has 3 heteroatoms. The van der Waals surface area contributed by atoms with E-state index in [1.54, 1.807) is 19.3 Å².